The third-order valence-corrected chi connectivity index (χ3v) is 4.80. The van der Waals surface area contributed by atoms with Crippen molar-refractivity contribution >= 4 is 29.2 Å². The van der Waals surface area contributed by atoms with Gasteiger partial charge in [-0.2, -0.15) is 0 Å². The maximum absolute atomic E-state index is 12.6. The third-order valence-electron chi connectivity index (χ3n) is 4.80. The number of carboxylic acids is 1. The number of carboxylic acid groups (broad SMARTS) is 1. The number of allylic oxidation sites excluding steroid dienone is 2. The average molecular weight is 328 g/mol. The first-order valence-electron chi connectivity index (χ1n) is 8.11. The van der Waals surface area contributed by atoms with E-state index in [0.717, 1.165) is 6.42 Å². The molecule has 1 aromatic rings. The maximum atomic E-state index is 12.6. The fraction of sp³-hybridized carbons (Fsp3) is 0.389. The summed E-state index contributed by atoms with van der Waals surface area (Å²) in [5.74, 6) is -2.48. The van der Waals surface area contributed by atoms with Crippen molar-refractivity contribution in [3.05, 3.63) is 36.4 Å². The molecular formula is C18H20N2O4. The van der Waals surface area contributed by atoms with Crippen molar-refractivity contribution in [2.45, 2.75) is 19.8 Å². The van der Waals surface area contributed by atoms with Gasteiger partial charge in [0, 0.05) is 17.8 Å². The van der Waals surface area contributed by atoms with E-state index in [2.05, 4.69) is 10.6 Å². The number of nitrogens with one attached hydrogen (secondary N) is 2. The number of aliphatic carboxylic acids is 1. The van der Waals surface area contributed by atoms with Gasteiger partial charge in [0.15, 0.2) is 0 Å². The van der Waals surface area contributed by atoms with E-state index in [1.165, 1.54) is 0 Å². The molecule has 3 N–H and O–H groups in total. The van der Waals surface area contributed by atoms with Crippen molar-refractivity contribution in [2.75, 3.05) is 10.6 Å². The van der Waals surface area contributed by atoms with Crippen molar-refractivity contribution in [1.82, 2.24) is 0 Å². The number of carbonyl (C=O) groups is 3. The first kappa shape index (κ1) is 16.2. The van der Waals surface area contributed by atoms with Gasteiger partial charge in [-0.3, -0.25) is 14.4 Å². The number of hydrogen-bond donors (Lipinski definition) is 3. The summed E-state index contributed by atoms with van der Waals surface area (Å²) in [4.78, 5) is 35.4. The zero-order valence-corrected chi connectivity index (χ0v) is 13.4. The Kier molecular flexibility index (Phi) is 4.38. The van der Waals surface area contributed by atoms with Crippen LogP contribution in [-0.2, 0) is 14.4 Å². The SMILES string of the molecule is CCC(=O)Nc1ccc(NC(=O)[C@@H]2[C@@H](C(=O)O)[C@H]3C=C[C@H]2C3)cc1. The molecule has 1 aromatic carbocycles. The molecule has 0 spiro atoms. The van der Waals surface area contributed by atoms with Gasteiger partial charge in [0.2, 0.25) is 11.8 Å². The summed E-state index contributed by atoms with van der Waals surface area (Å²) in [6.07, 6.45) is 5.00. The zero-order chi connectivity index (χ0) is 17.3. The Hall–Kier alpha value is -2.63. The number of benzene rings is 1. The van der Waals surface area contributed by atoms with Crippen molar-refractivity contribution in [2.24, 2.45) is 23.7 Å². The van der Waals surface area contributed by atoms with Gasteiger partial charge in [0.25, 0.3) is 0 Å². The summed E-state index contributed by atoms with van der Waals surface area (Å²) in [5, 5.41) is 14.9. The number of carbonyl (C=O) groups excluding carboxylic acids is 2. The highest BCUT2D eigenvalue weighted by Gasteiger charge is 2.51. The van der Waals surface area contributed by atoms with Gasteiger partial charge >= 0.3 is 5.97 Å². The Morgan fingerprint density at radius 2 is 1.54 bits per heavy atom. The molecule has 126 valence electrons. The molecule has 0 saturated heterocycles. The van der Waals surface area contributed by atoms with E-state index >= 15 is 0 Å². The molecule has 0 radical (unpaired) electrons. The maximum Gasteiger partial charge on any atom is 0.307 e. The molecule has 24 heavy (non-hydrogen) atoms. The summed E-state index contributed by atoms with van der Waals surface area (Å²) in [7, 11) is 0. The first-order valence-corrected chi connectivity index (χ1v) is 8.11. The lowest BCUT2D eigenvalue weighted by Gasteiger charge is -2.23. The molecule has 2 aliphatic rings. The Labute approximate surface area is 139 Å². The van der Waals surface area contributed by atoms with Crippen LogP contribution in [0.15, 0.2) is 36.4 Å². The summed E-state index contributed by atoms with van der Waals surface area (Å²) in [5.41, 5.74) is 1.25. The van der Waals surface area contributed by atoms with Crippen LogP contribution in [0.1, 0.15) is 19.8 Å². The van der Waals surface area contributed by atoms with Gasteiger partial charge in [0.05, 0.1) is 11.8 Å². The van der Waals surface area contributed by atoms with Crippen LogP contribution < -0.4 is 10.6 Å². The molecule has 1 fully saturated rings. The molecule has 3 rings (SSSR count). The van der Waals surface area contributed by atoms with Gasteiger partial charge in [-0.15, -0.1) is 0 Å². The second kappa shape index (κ2) is 6.47. The minimum absolute atomic E-state index is 0.000726. The molecule has 2 amide bonds. The highest BCUT2D eigenvalue weighted by atomic mass is 16.4. The summed E-state index contributed by atoms with van der Waals surface area (Å²) in [6.45, 7) is 1.77. The molecule has 1 saturated carbocycles. The molecule has 0 aromatic heterocycles. The predicted molar refractivity (Wildman–Crippen MR) is 89.3 cm³/mol. The van der Waals surface area contributed by atoms with E-state index in [0.29, 0.717) is 17.8 Å². The van der Waals surface area contributed by atoms with Crippen LogP contribution in [0.25, 0.3) is 0 Å². The van der Waals surface area contributed by atoms with E-state index in [4.69, 9.17) is 0 Å². The molecule has 2 aliphatic carbocycles. The van der Waals surface area contributed by atoms with Crippen LogP contribution in [-0.4, -0.2) is 22.9 Å². The number of hydrogen-bond acceptors (Lipinski definition) is 3. The van der Waals surface area contributed by atoms with Crippen molar-refractivity contribution in [3.63, 3.8) is 0 Å². The number of fused-ring (bicyclic) bond motifs is 2. The Morgan fingerprint density at radius 3 is 2.08 bits per heavy atom. The van der Waals surface area contributed by atoms with Gasteiger partial charge in [-0.05, 0) is 42.5 Å². The van der Waals surface area contributed by atoms with Crippen LogP contribution in [0, 0.1) is 23.7 Å². The molecule has 6 nitrogen and oxygen atoms in total. The zero-order valence-electron chi connectivity index (χ0n) is 13.4. The molecule has 0 heterocycles. The van der Waals surface area contributed by atoms with Crippen LogP contribution >= 0.6 is 0 Å². The third kappa shape index (κ3) is 3.04. The van der Waals surface area contributed by atoms with E-state index in [-0.39, 0.29) is 23.7 Å². The average Bonchev–Trinajstić information content (AvgIpc) is 3.17. The molecule has 0 aliphatic heterocycles. The van der Waals surface area contributed by atoms with E-state index in [1.54, 1.807) is 31.2 Å². The normalized spacial score (nSPS) is 27.0. The van der Waals surface area contributed by atoms with E-state index in [9.17, 15) is 19.5 Å². The van der Waals surface area contributed by atoms with Crippen LogP contribution in [0.2, 0.25) is 0 Å². The molecule has 4 atom stereocenters. The first-order chi connectivity index (χ1) is 11.5. The van der Waals surface area contributed by atoms with Crippen LogP contribution in [0.5, 0.6) is 0 Å². The molecule has 0 unspecified atom stereocenters. The predicted octanol–water partition coefficient (Wildman–Crippen LogP) is 2.50. The van der Waals surface area contributed by atoms with Gasteiger partial charge in [0.1, 0.15) is 0 Å². The number of rotatable bonds is 5. The lowest BCUT2D eigenvalue weighted by molar-refractivity contribution is -0.146. The van der Waals surface area contributed by atoms with Crippen molar-refractivity contribution in [3.8, 4) is 0 Å². The smallest absolute Gasteiger partial charge is 0.307 e. The second-order valence-corrected chi connectivity index (χ2v) is 6.31. The van der Waals surface area contributed by atoms with Gasteiger partial charge in [-0.25, -0.2) is 0 Å². The molecular weight excluding hydrogens is 308 g/mol. The monoisotopic (exact) mass is 328 g/mol. The summed E-state index contributed by atoms with van der Waals surface area (Å²) >= 11 is 0. The number of anilines is 2. The summed E-state index contributed by atoms with van der Waals surface area (Å²) < 4.78 is 0. The Balaban J connectivity index is 1.67. The minimum Gasteiger partial charge on any atom is -0.481 e. The highest BCUT2D eigenvalue weighted by Crippen LogP contribution is 2.48. The second-order valence-electron chi connectivity index (χ2n) is 6.31. The highest BCUT2D eigenvalue weighted by molar-refractivity contribution is 5.97. The Morgan fingerprint density at radius 1 is 1.00 bits per heavy atom. The van der Waals surface area contributed by atoms with Gasteiger partial charge < -0.3 is 15.7 Å². The molecule has 2 bridgehead atoms. The van der Waals surface area contributed by atoms with Crippen LogP contribution in [0.3, 0.4) is 0 Å². The fourth-order valence-corrected chi connectivity index (χ4v) is 3.63. The van der Waals surface area contributed by atoms with E-state index in [1.807, 2.05) is 12.2 Å². The van der Waals surface area contributed by atoms with E-state index < -0.39 is 17.8 Å². The van der Waals surface area contributed by atoms with Crippen molar-refractivity contribution in [1.29, 1.82) is 0 Å². The van der Waals surface area contributed by atoms with Gasteiger partial charge in [-0.1, -0.05) is 19.1 Å². The fourth-order valence-electron chi connectivity index (χ4n) is 3.63. The van der Waals surface area contributed by atoms with Crippen molar-refractivity contribution < 1.29 is 19.5 Å². The molecule has 6 heteroatoms. The minimum atomic E-state index is -0.912. The Bertz CT molecular complexity index is 695. The van der Waals surface area contributed by atoms with Crippen LogP contribution in [0.4, 0.5) is 11.4 Å². The summed E-state index contributed by atoms with van der Waals surface area (Å²) in [6, 6.07) is 6.81. The quantitative estimate of drug-likeness (QED) is 0.724. The number of amides is 2. The lowest BCUT2D eigenvalue weighted by Crippen LogP contribution is -2.36. The standard InChI is InChI=1S/C18H20N2O4/c1-2-14(21)19-12-5-7-13(8-6-12)20-17(22)15-10-3-4-11(9-10)16(15)18(23)24/h3-8,10-11,15-16H,2,9H2,1H3,(H,19,21)(H,20,22)(H,23,24)/t10-,11-,15-,16-/m0/s1. The largest absolute Gasteiger partial charge is 0.481 e. The topological polar surface area (TPSA) is 95.5 Å². The lowest BCUT2D eigenvalue weighted by atomic mass is 9.82.